The molecule has 5 nitrogen and oxygen atoms in total. The highest BCUT2D eigenvalue weighted by atomic mass is 79.9. The van der Waals surface area contributed by atoms with Gasteiger partial charge in [0.05, 0.1) is 5.52 Å². The molecule has 0 amide bonds. The van der Waals surface area contributed by atoms with Gasteiger partial charge in [0.2, 0.25) is 0 Å². The Morgan fingerprint density at radius 3 is 2.38 bits per heavy atom. The van der Waals surface area contributed by atoms with Gasteiger partial charge in [-0.3, -0.25) is 4.79 Å². The summed E-state index contributed by atoms with van der Waals surface area (Å²) in [6, 6.07) is 13.6. The zero-order chi connectivity index (χ0) is 15.0. The van der Waals surface area contributed by atoms with Crippen LogP contribution in [0.25, 0.3) is 10.9 Å². The molecular weight excluding hydrogens is 336 g/mol. The molecule has 104 valence electrons. The maximum atomic E-state index is 12.5. The third-order valence-corrected chi connectivity index (χ3v) is 3.60. The fourth-order valence-corrected chi connectivity index (χ4v) is 2.36. The molecule has 0 spiro atoms. The quantitative estimate of drug-likeness (QED) is 0.774. The van der Waals surface area contributed by atoms with Crippen molar-refractivity contribution < 1.29 is 14.7 Å². The molecule has 0 fully saturated rings. The average Bonchev–Trinajstić information content (AvgIpc) is 2.87. The van der Waals surface area contributed by atoms with Gasteiger partial charge in [0.25, 0.3) is 5.91 Å². The smallest absolute Gasteiger partial charge is 0.357 e. The standard InChI is InChI=1S/C15H9BrN2O3/c16-10-7-5-9(6-8-10)14(19)18-12-4-2-1-3-11(12)13(17-18)15(20)21/h1-8H,(H,20,21). The first kappa shape index (κ1) is 13.5. The van der Waals surface area contributed by atoms with Crippen LogP contribution < -0.4 is 0 Å². The lowest BCUT2D eigenvalue weighted by Crippen LogP contribution is -2.14. The van der Waals surface area contributed by atoms with E-state index in [0.29, 0.717) is 16.5 Å². The van der Waals surface area contributed by atoms with E-state index in [0.717, 1.165) is 9.15 Å². The summed E-state index contributed by atoms with van der Waals surface area (Å²) in [7, 11) is 0. The average molecular weight is 345 g/mol. The number of carbonyl (C=O) groups excluding carboxylic acids is 1. The lowest BCUT2D eigenvalue weighted by molar-refractivity contribution is 0.0691. The molecule has 0 aliphatic carbocycles. The van der Waals surface area contributed by atoms with Crippen molar-refractivity contribution in [3.8, 4) is 0 Å². The minimum Gasteiger partial charge on any atom is -0.476 e. The van der Waals surface area contributed by atoms with E-state index in [1.807, 2.05) is 0 Å². The van der Waals surface area contributed by atoms with E-state index in [4.69, 9.17) is 0 Å². The molecule has 0 saturated carbocycles. The summed E-state index contributed by atoms with van der Waals surface area (Å²) in [5, 5.41) is 13.6. The van der Waals surface area contributed by atoms with Crippen LogP contribution in [0.2, 0.25) is 0 Å². The van der Waals surface area contributed by atoms with Gasteiger partial charge in [-0.1, -0.05) is 34.1 Å². The lowest BCUT2D eigenvalue weighted by atomic mass is 10.2. The van der Waals surface area contributed by atoms with Crippen molar-refractivity contribution in [1.29, 1.82) is 0 Å². The number of para-hydroxylation sites is 1. The van der Waals surface area contributed by atoms with Gasteiger partial charge in [0.15, 0.2) is 5.69 Å². The highest BCUT2D eigenvalue weighted by molar-refractivity contribution is 9.10. The van der Waals surface area contributed by atoms with Crippen molar-refractivity contribution in [2.45, 2.75) is 0 Å². The molecular formula is C15H9BrN2O3. The van der Waals surface area contributed by atoms with Crippen LogP contribution >= 0.6 is 15.9 Å². The number of benzene rings is 2. The summed E-state index contributed by atoms with van der Waals surface area (Å²) in [6.45, 7) is 0. The molecule has 0 atom stereocenters. The van der Waals surface area contributed by atoms with Gasteiger partial charge in [-0.2, -0.15) is 9.78 Å². The lowest BCUT2D eigenvalue weighted by Gasteiger charge is -2.02. The predicted molar refractivity (Wildman–Crippen MR) is 80.6 cm³/mol. The summed E-state index contributed by atoms with van der Waals surface area (Å²) in [6.07, 6.45) is 0. The van der Waals surface area contributed by atoms with Crippen LogP contribution in [0.5, 0.6) is 0 Å². The molecule has 6 heteroatoms. The third-order valence-electron chi connectivity index (χ3n) is 3.07. The summed E-state index contributed by atoms with van der Waals surface area (Å²) in [5.74, 6) is -1.53. The van der Waals surface area contributed by atoms with Crippen molar-refractivity contribution in [3.63, 3.8) is 0 Å². The number of fused-ring (bicyclic) bond motifs is 1. The van der Waals surface area contributed by atoms with Crippen LogP contribution in [0, 0.1) is 0 Å². The zero-order valence-electron chi connectivity index (χ0n) is 10.7. The fourth-order valence-electron chi connectivity index (χ4n) is 2.09. The number of carboxylic acid groups (broad SMARTS) is 1. The summed E-state index contributed by atoms with van der Waals surface area (Å²) >= 11 is 3.30. The van der Waals surface area contributed by atoms with E-state index in [-0.39, 0.29) is 11.6 Å². The van der Waals surface area contributed by atoms with Crippen molar-refractivity contribution in [3.05, 3.63) is 64.3 Å². The molecule has 21 heavy (non-hydrogen) atoms. The number of hydrogen-bond donors (Lipinski definition) is 1. The fraction of sp³-hybridized carbons (Fsp3) is 0. The molecule has 0 aliphatic heterocycles. The van der Waals surface area contributed by atoms with Gasteiger partial charge < -0.3 is 5.11 Å². The summed E-state index contributed by atoms with van der Waals surface area (Å²) in [4.78, 5) is 23.7. The van der Waals surface area contributed by atoms with E-state index in [1.54, 1.807) is 48.5 Å². The van der Waals surface area contributed by atoms with E-state index in [2.05, 4.69) is 21.0 Å². The van der Waals surface area contributed by atoms with Gasteiger partial charge >= 0.3 is 5.97 Å². The van der Waals surface area contributed by atoms with Crippen molar-refractivity contribution in [1.82, 2.24) is 9.78 Å². The van der Waals surface area contributed by atoms with Crippen LogP contribution in [0.15, 0.2) is 53.0 Å². The Morgan fingerprint density at radius 2 is 1.71 bits per heavy atom. The van der Waals surface area contributed by atoms with E-state index < -0.39 is 5.97 Å². The highest BCUT2D eigenvalue weighted by Gasteiger charge is 2.20. The molecule has 1 N–H and O–H groups in total. The first-order valence-corrected chi connectivity index (χ1v) is 6.88. The number of aromatic nitrogens is 2. The molecule has 3 aromatic rings. The number of halogens is 1. The molecule has 2 aromatic carbocycles. The van der Waals surface area contributed by atoms with Gasteiger partial charge in [-0.25, -0.2) is 4.79 Å². The normalized spacial score (nSPS) is 10.7. The number of carboxylic acids is 1. The first-order chi connectivity index (χ1) is 10.1. The minimum atomic E-state index is -1.16. The Labute approximate surface area is 127 Å². The summed E-state index contributed by atoms with van der Waals surface area (Å²) < 4.78 is 1.98. The van der Waals surface area contributed by atoms with Gasteiger partial charge in [0, 0.05) is 15.4 Å². The Bertz CT molecular complexity index is 853. The number of aromatic carboxylic acids is 1. The molecule has 0 saturated heterocycles. The molecule has 1 aromatic heterocycles. The second-order valence-corrected chi connectivity index (χ2v) is 5.31. The van der Waals surface area contributed by atoms with Crippen LogP contribution in [0.3, 0.4) is 0 Å². The maximum Gasteiger partial charge on any atom is 0.357 e. The Kier molecular flexibility index (Phi) is 3.31. The van der Waals surface area contributed by atoms with Crippen LogP contribution in [0.1, 0.15) is 20.8 Å². The SMILES string of the molecule is O=C(O)c1nn(C(=O)c2ccc(Br)cc2)c2ccccc12. The maximum absolute atomic E-state index is 12.5. The van der Waals surface area contributed by atoms with Gasteiger partial charge in [-0.15, -0.1) is 0 Å². The van der Waals surface area contributed by atoms with E-state index >= 15 is 0 Å². The highest BCUT2D eigenvalue weighted by Crippen LogP contribution is 2.20. The number of carbonyl (C=O) groups is 2. The predicted octanol–water partition coefficient (Wildman–Crippen LogP) is 3.19. The molecule has 0 bridgehead atoms. The number of nitrogens with zero attached hydrogens (tertiary/aromatic N) is 2. The third kappa shape index (κ3) is 2.34. The van der Waals surface area contributed by atoms with Crippen LogP contribution in [-0.2, 0) is 0 Å². The zero-order valence-corrected chi connectivity index (χ0v) is 12.2. The largest absolute Gasteiger partial charge is 0.476 e. The second kappa shape index (κ2) is 5.14. The number of hydrogen-bond acceptors (Lipinski definition) is 3. The Hall–Kier alpha value is -2.47. The van der Waals surface area contributed by atoms with Crippen molar-refractivity contribution in [2.75, 3.05) is 0 Å². The van der Waals surface area contributed by atoms with Gasteiger partial charge in [0.1, 0.15) is 0 Å². The van der Waals surface area contributed by atoms with Crippen LogP contribution in [0.4, 0.5) is 0 Å². The number of rotatable bonds is 2. The first-order valence-electron chi connectivity index (χ1n) is 6.09. The molecule has 0 unspecified atom stereocenters. The van der Waals surface area contributed by atoms with Crippen molar-refractivity contribution >= 4 is 38.7 Å². The molecule has 3 rings (SSSR count). The second-order valence-electron chi connectivity index (χ2n) is 4.39. The Morgan fingerprint density at radius 1 is 1.05 bits per heavy atom. The van der Waals surface area contributed by atoms with Crippen LogP contribution in [-0.4, -0.2) is 26.8 Å². The molecule has 0 radical (unpaired) electrons. The summed E-state index contributed by atoms with van der Waals surface area (Å²) in [5.41, 5.74) is 0.780. The van der Waals surface area contributed by atoms with E-state index in [1.165, 1.54) is 0 Å². The molecule has 1 heterocycles. The van der Waals surface area contributed by atoms with Gasteiger partial charge in [-0.05, 0) is 30.3 Å². The monoisotopic (exact) mass is 344 g/mol. The molecule has 0 aliphatic rings. The minimum absolute atomic E-state index is 0.129. The van der Waals surface area contributed by atoms with E-state index in [9.17, 15) is 14.7 Å². The Balaban J connectivity index is 2.18. The topological polar surface area (TPSA) is 72.2 Å². The van der Waals surface area contributed by atoms with Crippen molar-refractivity contribution in [2.24, 2.45) is 0 Å².